The molecule has 0 aromatic carbocycles. The van der Waals surface area contributed by atoms with Gasteiger partial charge >= 0.3 is 0 Å². The van der Waals surface area contributed by atoms with Crippen LogP contribution in [0.3, 0.4) is 0 Å². The van der Waals surface area contributed by atoms with Gasteiger partial charge in [-0.2, -0.15) is 0 Å². The highest BCUT2D eigenvalue weighted by Gasteiger charge is 2.08. The van der Waals surface area contributed by atoms with Crippen molar-refractivity contribution >= 4 is 5.78 Å². The van der Waals surface area contributed by atoms with Crippen LogP contribution in [0.4, 0.5) is 0 Å². The van der Waals surface area contributed by atoms with E-state index < -0.39 is 0 Å². The SMILES string of the molecule is CCOCC(=O)C(C)CC. The van der Waals surface area contributed by atoms with Gasteiger partial charge in [-0.1, -0.05) is 13.8 Å². The normalized spacial score (nSPS) is 13.1. The fraction of sp³-hybridized carbons (Fsp3) is 0.875. The lowest BCUT2D eigenvalue weighted by molar-refractivity contribution is -0.126. The molecule has 1 atom stereocenters. The predicted molar refractivity (Wildman–Crippen MR) is 41.0 cm³/mol. The van der Waals surface area contributed by atoms with E-state index in [1.807, 2.05) is 20.8 Å². The van der Waals surface area contributed by atoms with E-state index in [0.29, 0.717) is 6.61 Å². The number of Topliss-reactive ketones (excluding diaryl/α,β-unsaturated/α-hetero) is 1. The molecule has 0 spiro atoms. The van der Waals surface area contributed by atoms with E-state index in [1.54, 1.807) is 0 Å². The summed E-state index contributed by atoms with van der Waals surface area (Å²) in [5.41, 5.74) is 0. The second kappa shape index (κ2) is 5.42. The minimum atomic E-state index is 0.159. The van der Waals surface area contributed by atoms with E-state index in [4.69, 9.17) is 4.74 Å². The van der Waals surface area contributed by atoms with Crippen LogP contribution in [0.2, 0.25) is 0 Å². The predicted octanol–water partition coefficient (Wildman–Crippen LogP) is 1.64. The molecule has 0 fully saturated rings. The molecule has 0 aromatic heterocycles. The standard InChI is InChI=1S/C8H16O2/c1-4-7(3)8(9)6-10-5-2/h7H,4-6H2,1-3H3. The van der Waals surface area contributed by atoms with Gasteiger partial charge in [0.2, 0.25) is 0 Å². The van der Waals surface area contributed by atoms with Crippen LogP contribution in [0.1, 0.15) is 27.2 Å². The van der Waals surface area contributed by atoms with Crippen LogP contribution in [0.15, 0.2) is 0 Å². The molecule has 60 valence electrons. The Labute approximate surface area is 62.6 Å². The lowest BCUT2D eigenvalue weighted by atomic mass is 10.1. The second-order valence-corrected chi connectivity index (χ2v) is 2.41. The highest BCUT2D eigenvalue weighted by atomic mass is 16.5. The number of ketones is 1. The quantitative estimate of drug-likeness (QED) is 0.586. The van der Waals surface area contributed by atoms with Crippen molar-refractivity contribution in [3.63, 3.8) is 0 Å². The first-order valence-corrected chi connectivity index (χ1v) is 3.82. The Morgan fingerprint density at radius 1 is 1.50 bits per heavy atom. The van der Waals surface area contributed by atoms with Gasteiger partial charge in [-0.05, 0) is 13.3 Å². The van der Waals surface area contributed by atoms with Crippen molar-refractivity contribution in [1.29, 1.82) is 0 Å². The minimum Gasteiger partial charge on any atom is -0.374 e. The van der Waals surface area contributed by atoms with E-state index in [1.165, 1.54) is 0 Å². The molecule has 0 aliphatic carbocycles. The molecule has 0 saturated heterocycles. The average Bonchev–Trinajstić information content (AvgIpc) is 1.98. The number of hydrogen-bond acceptors (Lipinski definition) is 2. The van der Waals surface area contributed by atoms with Crippen LogP contribution in [0.5, 0.6) is 0 Å². The van der Waals surface area contributed by atoms with Crippen molar-refractivity contribution in [2.45, 2.75) is 27.2 Å². The zero-order valence-electron chi connectivity index (χ0n) is 7.02. The molecule has 0 aromatic rings. The molecule has 2 heteroatoms. The number of hydrogen-bond donors (Lipinski definition) is 0. The van der Waals surface area contributed by atoms with E-state index in [9.17, 15) is 4.79 Å². The molecule has 0 aliphatic heterocycles. The summed E-state index contributed by atoms with van der Waals surface area (Å²) in [7, 11) is 0. The van der Waals surface area contributed by atoms with Crippen molar-refractivity contribution in [2.24, 2.45) is 5.92 Å². The van der Waals surface area contributed by atoms with Gasteiger partial charge in [-0.3, -0.25) is 4.79 Å². The molecule has 10 heavy (non-hydrogen) atoms. The number of carbonyl (C=O) groups is 1. The first kappa shape index (κ1) is 9.63. The van der Waals surface area contributed by atoms with Crippen molar-refractivity contribution in [3.05, 3.63) is 0 Å². The molecule has 0 bridgehead atoms. The Bertz CT molecular complexity index is 99.4. The highest BCUT2D eigenvalue weighted by molar-refractivity contribution is 5.81. The van der Waals surface area contributed by atoms with E-state index >= 15 is 0 Å². The van der Waals surface area contributed by atoms with Crippen molar-refractivity contribution in [1.82, 2.24) is 0 Å². The third kappa shape index (κ3) is 3.62. The van der Waals surface area contributed by atoms with Gasteiger partial charge in [0.15, 0.2) is 5.78 Å². The molecule has 0 saturated carbocycles. The first-order valence-electron chi connectivity index (χ1n) is 3.82. The zero-order valence-corrected chi connectivity index (χ0v) is 7.02. The van der Waals surface area contributed by atoms with Crippen LogP contribution >= 0.6 is 0 Å². The summed E-state index contributed by atoms with van der Waals surface area (Å²) in [6, 6.07) is 0. The molecular weight excluding hydrogens is 128 g/mol. The topological polar surface area (TPSA) is 26.3 Å². The summed E-state index contributed by atoms with van der Waals surface area (Å²) in [5, 5.41) is 0. The maximum Gasteiger partial charge on any atom is 0.161 e. The summed E-state index contributed by atoms with van der Waals surface area (Å²) in [4.78, 5) is 11.0. The number of ether oxygens (including phenoxy) is 1. The summed E-state index contributed by atoms with van der Waals surface area (Å²) in [6.45, 7) is 6.74. The van der Waals surface area contributed by atoms with Crippen LogP contribution < -0.4 is 0 Å². The van der Waals surface area contributed by atoms with Crippen LogP contribution in [-0.2, 0) is 9.53 Å². The second-order valence-electron chi connectivity index (χ2n) is 2.41. The number of carbonyl (C=O) groups excluding carboxylic acids is 1. The van der Waals surface area contributed by atoms with Crippen LogP contribution in [0, 0.1) is 5.92 Å². The Hall–Kier alpha value is -0.370. The highest BCUT2D eigenvalue weighted by Crippen LogP contribution is 2.01. The third-order valence-corrected chi connectivity index (χ3v) is 1.61. The van der Waals surface area contributed by atoms with Crippen molar-refractivity contribution in [2.75, 3.05) is 13.2 Å². The molecular formula is C8H16O2. The van der Waals surface area contributed by atoms with Crippen LogP contribution in [-0.4, -0.2) is 19.0 Å². The Morgan fingerprint density at radius 3 is 2.50 bits per heavy atom. The molecule has 0 amide bonds. The Balaban J connectivity index is 3.42. The summed E-state index contributed by atoms with van der Waals surface area (Å²) in [6.07, 6.45) is 0.909. The van der Waals surface area contributed by atoms with E-state index in [2.05, 4.69) is 0 Å². The van der Waals surface area contributed by atoms with Crippen molar-refractivity contribution in [3.8, 4) is 0 Å². The Morgan fingerprint density at radius 2 is 2.10 bits per heavy atom. The summed E-state index contributed by atoms with van der Waals surface area (Å²) in [5.74, 6) is 0.371. The van der Waals surface area contributed by atoms with Gasteiger partial charge in [-0.25, -0.2) is 0 Å². The molecule has 2 nitrogen and oxygen atoms in total. The first-order chi connectivity index (χ1) is 4.72. The molecule has 0 rings (SSSR count). The molecule has 0 aliphatic rings. The van der Waals surface area contributed by atoms with E-state index in [0.717, 1.165) is 6.42 Å². The van der Waals surface area contributed by atoms with Gasteiger partial charge in [0.1, 0.15) is 6.61 Å². The van der Waals surface area contributed by atoms with Gasteiger partial charge in [0.05, 0.1) is 0 Å². The maximum atomic E-state index is 11.0. The van der Waals surface area contributed by atoms with Gasteiger partial charge < -0.3 is 4.74 Å². The van der Waals surface area contributed by atoms with Crippen LogP contribution in [0.25, 0.3) is 0 Å². The van der Waals surface area contributed by atoms with E-state index in [-0.39, 0.29) is 18.3 Å². The lowest BCUT2D eigenvalue weighted by Gasteiger charge is -2.05. The third-order valence-electron chi connectivity index (χ3n) is 1.61. The number of rotatable bonds is 5. The lowest BCUT2D eigenvalue weighted by Crippen LogP contribution is -2.16. The summed E-state index contributed by atoms with van der Waals surface area (Å²) >= 11 is 0. The van der Waals surface area contributed by atoms with Crippen molar-refractivity contribution < 1.29 is 9.53 Å². The average molecular weight is 144 g/mol. The zero-order chi connectivity index (χ0) is 7.98. The smallest absolute Gasteiger partial charge is 0.161 e. The molecule has 0 radical (unpaired) electrons. The fourth-order valence-electron chi connectivity index (χ4n) is 0.573. The molecule has 0 heterocycles. The Kier molecular flexibility index (Phi) is 5.22. The van der Waals surface area contributed by atoms with Gasteiger partial charge in [0.25, 0.3) is 0 Å². The van der Waals surface area contributed by atoms with Gasteiger partial charge in [0, 0.05) is 12.5 Å². The largest absolute Gasteiger partial charge is 0.374 e. The molecule has 1 unspecified atom stereocenters. The maximum absolute atomic E-state index is 11.0. The summed E-state index contributed by atoms with van der Waals surface area (Å²) < 4.78 is 4.97. The molecule has 0 N–H and O–H groups in total. The monoisotopic (exact) mass is 144 g/mol. The minimum absolute atomic E-state index is 0.159. The fourth-order valence-corrected chi connectivity index (χ4v) is 0.573. The van der Waals surface area contributed by atoms with Gasteiger partial charge in [-0.15, -0.1) is 0 Å².